The van der Waals surface area contributed by atoms with Crippen LogP contribution in [0.2, 0.25) is 10.0 Å². The minimum absolute atomic E-state index is 0.251. The van der Waals surface area contributed by atoms with Crippen LogP contribution in [0, 0.1) is 0 Å². The van der Waals surface area contributed by atoms with Gasteiger partial charge in [0.25, 0.3) is 0 Å². The van der Waals surface area contributed by atoms with Crippen molar-refractivity contribution in [3.05, 3.63) is 57.1 Å². The topological polar surface area (TPSA) is 30.5 Å². The number of fused-ring (bicyclic) bond motifs is 1. The second-order valence-electron chi connectivity index (χ2n) is 5.90. The molecule has 2 aromatic rings. The number of halogens is 2. The second kappa shape index (κ2) is 7.64. The van der Waals surface area contributed by atoms with E-state index >= 15 is 0 Å². The van der Waals surface area contributed by atoms with E-state index in [0.29, 0.717) is 0 Å². The molecular formula is C19H21Cl2NO2. The van der Waals surface area contributed by atoms with Gasteiger partial charge >= 0.3 is 0 Å². The molecule has 2 aromatic carbocycles. The quantitative estimate of drug-likeness (QED) is 0.822. The first kappa shape index (κ1) is 17.4. The highest BCUT2D eigenvalue weighted by molar-refractivity contribution is 6.35. The highest BCUT2D eigenvalue weighted by Gasteiger charge is 2.23. The first-order valence-electron chi connectivity index (χ1n) is 8.05. The fourth-order valence-corrected chi connectivity index (χ4v) is 3.87. The first-order chi connectivity index (χ1) is 11.6. The Kier molecular flexibility index (Phi) is 5.54. The molecule has 0 fully saturated rings. The molecule has 128 valence electrons. The SMILES string of the molecule is COc1cc2c(cc1OC)[C@H](CCc1c(Cl)cccc1Cl)NCC2. The lowest BCUT2D eigenvalue weighted by Crippen LogP contribution is -2.30. The summed E-state index contributed by atoms with van der Waals surface area (Å²) in [7, 11) is 3.33. The fourth-order valence-electron chi connectivity index (χ4n) is 3.29. The average molecular weight is 366 g/mol. The van der Waals surface area contributed by atoms with E-state index < -0.39 is 0 Å². The van der Waals surface area contributed by atoms with Gasteiger partial charge in [0, 0.05) is 16.1 Å². The van der Waals surface area contributed by atoms with Gasteiger partial charge in [-0.25, -0.2) is 0 Å². The summed E-state index contributed by atoms with van der Waals surface area (Å²) in [6.07, 6.45) is 2.73. The zero-order valence-electron chi connectivity index (χ0n) is 13.9. The molecule has 3 rings (SSSR count). The molecule has 5 heteroatoms. The summed E-state index contributed by atoms with van der Waals surface area (Å²) in [4.78, 5) is 0. The molecule has 0 radical (unpaired) electrons. The van der Waals surface area contributed by atoms with E-state index in [4.69, 9.17) is 32.7 Å². The third-order valence-electron chi connectivity index (χ3n) is 4.55. The van der Waals surface area contributed by atoms with Crippen molar-refractivity contribution in [2.75, 3.05) is 20.8 Å². The van der Waals surface area contributed by atoms with E-state index in [9.17, 15) is 0 Å². The van der Waals surface area contributed by atoms with Crippen LogP contribution < -0.4 is 14.8 Å². The molecule has 0 amide bonds. The van der Waals surface area contributed by atoms with Gasteiger partial charge in [-0.1, -0.05) is 29.3 Å². The lowest BCUT2D eigenvalue weighted by atomic mass is 9.90. The number of benzene rings is 2. The minimum Gasteiger partial charge on any atom is -0.493 e. The number of hydrogen-bond donors (Lipinski definition) is 1. The number of rotatable bonds is 5. The van der Waals surface area contributed by atoms with Gasteiger partial charge in [-0.3, -0.25) is 0 Å². The van der Waals surface area contributed by atoms with Crippen LogP contribution in [0.1, 0.15) is 29.2 Å². The Bertz CT molecular complexity index is 713. The highest BCUT2D eigenvalue weighted by Crippen LogP contribution is 2.37. The van der Waals surface area contributed by atoms with Gasteiger partial charge < -0.3 is 14.8 Å². The van der Waals surface area contributed by atoms with Crippen molar-refractivity contribution in [3.63, 3.8) is 0 Å². The summed E-state index contributed by atoms with van der Waals surface area (Å²) in [6, 6.07) is 10.1. The van der Waals surface area contributed by atoms with Gasteiger partial charge in [0.05, 0.1) is 14.2 Å². The third kappa shape index (κ3) is 3.49. The van der Waals surface area contributed by atoms with Gasteiger partial charge in [0.1, 0.15) is 0 Å². The third-order valence-corrected chi connectivity index (χ3v) is 5.26. The zero-order chi connectivity index (χ0) is 17.1. The molecular weight excluding hydrogens is 345 g/mol. The molecule has 0 saturated heterocycles. The van der Waals surface area contributed by atoms with Gasteiger partial charge in [0.15, 0.2) is 11.5 Å². The highest BCUT2D eigenvalue weighted by atomic mass is 35.5. The molecule has 0 aromatic heterocycles. The van der Waals surface area contributed by atoms with E-state index in [1.165, 1.54) is 11.1 Å². The Balaban J connectivity index is 1.84. The van der Waals surface area contributed by atoms with Gasteiger partial charge in [-0.2, -0.15) is 0 Å². The van der Waals surface area contributed by atoms with Crippen molar-refractivity contribution >= 4 is 23.2 Å². The van der Waals surface area contributed by atoms with Crippen LogP contribution in [0.4, 0.5) is 0 Å². The Morgan fingerprint density at radius 1 is 1.08 bits per heavy atom. The number of hydrogen-bond acceptors (Lipinski definition) is 3. The molecule has 1 heterocycles. The maximum Gasteiger partial charge on any atom is 0.161 e. The van der Waals surface area contributed by atoms with Crippen LogP contribution >= 0.6 is 23.2 Å². The Hall–Kier alpha value is -1.42. The molecule has 0 unspecified atom stereocenters. The van der Waals surface area contributed by atoms with Crippen molar-refractivity contribution < 1.29 is 9.47 Å². The number of nitrogens with one attached hydrogen (secondary N) is 1. The monoisotopic (exact) mass is 365 g/mol. The molecule has 1 aliphatic rings. The summed E-state index contributed by atoms with van der Waals surface area (Å²) in [5, 5.41) is 5.05. The van der Waals surface area contributed by atoms with E-state index in [1.54, 1.807) is 14.2 Å². The van der Waals surface area contributed by atoms with Crippen LogP contribution in [0.5, 0.6) is 11.5 Å². The zero-order valence-corrected chi connectivity index (χ0v) is 15.4. The Morgan fingerprint density at radius 3 is 2.42 bits per heavy atom. The van der Waals surface area contributed by atoms with Crippen LogP contribution in [0.25, 0.3) is 0 Å². The fraction of sp³-hybridized carbons (Fsp3) is 0.368. The van der Waals surface area contributed by atoms with Crippen molar-refractivity contribution in [3.8, 4) is 11.5 Å². The lowest BCUT2D eigenvalue weighted by molar-refractivity contribution is 0.351. The van der Waals surface area contributed by atoms with Crippen molar-refractivity contribution in [1.29, 1.82) is 0 Å². The van der Waals surface area contributed by atoms with Gasteiger partial charge in [0.2, 0.25) is 0 Å². The smallest absolute Gasteiger partial charge is 0.161 e. The van der Waals surface area contributed by atoms with Crippen molar-refractivity contribution in [1.82, 2.24) is 5.32 Å². The van der Waals surface area contributed by atoms with Gasteiger partial charge in [-0.05, 0) is 66.8 Å². The summed E-state index contributed by atoms with van der Waals surface area (Å²) in [5.74, 6) is 1.55. The van der Waals surface area contributed by atoms with E-state index in [0.717, 1.165) is 52.9 Å². The van der Waals surface area contributed by atoms with Crippen LogP contribution in [0.15, 0.2) is 30.3 Å². The summed E-state index contributed by atoms with van der Waals surface area (Å²) >= 11 is 12.6. The van der Waals surface area contributed by atoms with E-state index in [-0.39, 0.29) is 6.04 Å². The minimum atomic E-state index is 0.251. The van der Waals surface area contributed by atoms with Crippen molar-refractivity contribution in [2.24, 2.45) is 0 Å². The molecule has 0 saturated carbocycles. The predicted octanol–water partition coefficient (Wildman–Crippen LogP) is 4.83. The Morgan fingerprint density at radius 2 is 1.75 bits per heavy atom. The summed E-state index contributed by atoms with van der Waals surface area (Å²) in [6.45, 7) is 0.948. The second-order valence-corrected chi connectivity index (χ2v) is 6.72. The summed E-state index contributed by atoms with van der Waals surface area (Å²) < 4.78 is 10.9. The first-order valence-corrected chi connectivity index (χ1v) is 8.80. The molecule has 1 N–H and O–H groups in total. The molecule has 0 bridgehead atoms. The number of methoxy groups -OCH3 is 2. The molecule has 24 heavy (non-hydrogen) atoms. The van der Waals surface area contributed by atoms with Crippen LogP contribution in [-0.2, 0) is 12.8 Å². The molecule has 0 spiro atoms. The molecule has 1 atom stereocenters. The standard InChI is InChI=1S/C19H21Cl2NO2/c1-23-18-10-12-8-9-22-17(14(12)11-19(18)24-2)7-6-13-15(20)4-3-5-16(13)21/h3-5,10-11,17,22H,6-9H2,1-2H3/t17-/m0/s1. The maximum absolute atomic E-state index is 6.29. The van der Waals surface area contributed by atoms with Crippen LogP contribution in [0.3, 0.4) is 0 Å². The summed E-state index contributed by atoms with van der Waals surface area (Å²) in [5.41, 5.74) is 3.58. The molecule has 0 aliphatic carbocycles. The van der Waals surface area contributed by atoms with Crippen LogP contribution in [-0.4, -0.2) is 20.8 Å². The maximum atomic E-state index is 6.29. The molecule has 3 nitrogen and oxygen atoms in total. The number of ether oxygens (including phenoxy) is 2. The van der Waals surface area contributed by atoms with Gasteiger partial charge in [-0.15, -0.1) is 0 Å². The van der Waals surface area contributed by atoms with E-state index in [2.05, 4.69) is 17.4 Å². The Labute approximate surface area is 152 Å². The predicted molar refractivity (Wildman–Crippen MR) is 98.8 cm³/mol. The lowest BCUT2D eigenvalue weighted by Gasteiger charge is -2.28. The molecule has 1 aliphatic heterocycles. The van der Waals surface area contributed by atoms with Crippen molar-refractivity contribution in [2.45, 2.75) is 25.3 Å². The van der Waals surface area contributed by atoms with E-state index in [1.807, 2.05) is 18.2 Å². The average Bonchev–Trinajstić information content (AvgIpc) is 2.60. The normalized spacial score (nSPS) is 16.6. The largest absolute Gasteiger partial charge is 0.493 e.